The number of nitrogens with one attached hydrogen (secondary N) is 1. The summed E-state index contributed by atoms with van der Waals surface area (Å²) in [6, 6.07) is 3.95. The molecule has 1 N–H and O–H groups in total. The van der Waals surface area contributed by atoms with Crippen LogP contribution in [0.5, 0.6) is 11.5 Å². The van der Waals surface area contributed by atoms with Gasteiger partial charge in [-0.05, 0) is 39.8 Å². The topological polar surface area (TPSA) is 111 Å². The molecule has 1 amide bonds. The molecule has 1 aromatic rings. The van der Waals surface area contributed by atoms with Gasteiger partial charge in [0.2, 0.25) is 10.0 Å². The zero-order valence-corrected chi connectivity index (χ0v) is 17.8. The summed E-state index contributed by atoms with van der Waals surface area (Å²) in [5.74, 6) is -0.591. The van der Waals surface area contributed by atoms with Crippen molar-refractivity contribution in [2.24, 2.45) is 0 Å². The first-order valence-electron chi connectivity index (χ1n) is 8.72. The number of sulfonamides is 1. The Kier molecular flexibility index (Phi) is 8.70. The molecule has 0 heterocycles. The maximum atomic E-state index is 12.3. The maximum Gasteiger partial charge on any atom is 0.321 e. The van der Waals surface area contributed by atoms with E-state index < -0.39 is 29.1 Å². The highest BCUT2D eigenvalue weighted by Gasteiger charge is 2.22. The first kappa shape index (κ1) is 23.7. The summed E-state index contributed by atoms with van der Waals surface area (Å²) in [5, 5.41) is 0. The van der Waals surface area contributed by atoms with Crippen LogP contribution in [-0.4, -0.2) is 64.6 Å². The average molecular weight is 416 g/mol. The number of amides is 1. The van der Waals surface area contributed by atoms with Gasteiger partial charge in [0, 0.05) is 18.2 Å². The predicted octanol–water partition coefficient (Wildman–Crippen LogP) is 1.17. The van der Waals surface area contributed by atoms with E-state index in [0.29, 0.717) is 5.75 Å². The number of carbonyl (C=O) groups is 2. The number of hydrogen-bond donors (Lipinski definition) is 1. The minimum Gasteiger partial charge on any atom is -0.493 e. The summed E-state index contributed by atoms with van der Waals surface area (Å²) in [6.07, 6.45) is 0. The highest BCUT2D eigenvalue weighted by atomic mass is 32.2. The van der Waals surface area contributed by atoms with E-state index in [9.17, 15) is 18.0 Å². The van der Waals surface area contributed by atoms with Crippen LogP contribution in [0.3, 0.4) is 0 Å². The molecule has 0 bridgehead atoms. The normalized spacial score (nSPS) is 11.4. The summed E-state index contributed by atoms with van der Waals surface area (Å²) in [7, 11) is -1.16. The second-order valence-electron chi connectivity index (χ2n) is 6.49. The predicted molar refractivity (Wildman–Crippen MR) is 103 cm³/mol. The minimum atomic E-state index is -3.98. The molecule has 0 radical (unpaired) electrons. The molecule has 0 unspecified atom stereocenters. The lowest BCUT2D eigenvalue weighted by molar-refractivity contribution is -0.152. The van der Waals surface area contributed by atoms with Gasteiger partial charge in [-0.2, -0.15) is 4.72 Å². The minimum absolute atomic E-state index is 0.0465. The number of carbonyl (C=O) groups excluding carboxylic acids is 2. The largest absolute Gasteiger partial charge is 0.493 e. The fourth-order valence-electron chi connectivity index (χ4n) is 2.66. The van der Waals surface area contributed by atoms with Gasteiger partial charge in [0.1, 0.15) is 6.54 Å². The van der Waals surface area contributed by atoms with Crippen LogP contribution >= 0.6 is 0 Å². The standard InChI is InChI=1S/C18H28N2O7S/c1-12(2)20(13(3)4)17(21)11-27-18(22)10-19-28(23,24)14-7-8-15(25-5)16(9-14)26-6/h7-9,12-13,19H,10-11H2,1-6H3. The van der Waals surface area contributed by atoms with Crippen LogP contribution in [-0.2, 0) is 24.3 Å². The third kappa shape index (κ3) is 6.38. The second kappa shape index (κ2) is 10.3. The molecular formula is C18H28N2O7S. The van der Waals surface area contributed by atoms with Crippen molar-refractivity contribution in [3.63, 3.8) is 0 Å². The van der Waals surface area contributed by atoms with Gasteiger partial charge in [-0.3, -0.25) is 9.59 Å². The van der Waals surface area contributed by atoms with Crippen molar-refractivity contribution in [3.8, 4) is 11.5 Å². The Morgan fingerprint density at radius 1 is 1.04 bits per heavy atom. The van der Waals surface area contributed by atoms with Gasteiger partial charge in [0.25, 0.3) is 5.91 Å². The molecule has 1 rings (SSSR count). The highest BCUT2D eigenvalue weighted by Crippen LogP contribution is 2.29. The molecule has 0 fully saturated rings. The van der Waals surface area contributed by atoms with E-state index in [-0.39, 0.29) is 28.6 Å². The molecule has 1 aromatic carbocycles. The number of benzene rings is 1. The molecule has 0 aliphatic rings. The van der Waals surface area contributed by atoms with Gasteiger partial charge >= 0.3 is 5.97 Å². The van der Waals surface area contributed by atoms with Crippen LogP contribution in [0.1, 0.15) is 27.7 Å². The van der Waals surface area contributed by atoms with E-state index in [2.05, 4.69) is 4.72 Å². The molecule has 0 aliphatic heterocycles. The molecule has 9 nitrogen and oxygen atoms in total. The van der Waals surface area contributed by atoms with E-state index in [1.165, 1.54) is 32.4 Å². The lowest BCUT2D eigenvalue weighted by Crippen LogP contribution is -2.44. The summed E-state index contributed by atoms with van der Waals surface area (Å²) < 4.78 is 41.8. The molecule has 28 heavy (non-hydrogen) atoms. The van der Waals surface area contributed by atoms with Crippen LogP contribution in [0.2, 0.25) is 0 Å². The summed E-state index contributed by atoms with van der Waals surface area (Å²) in [6.45, 7) is 6.38. The van der Waals surface area contributed by atoms with Gasteiger partial charge in [-0.15, -0.1) is 0 Å². The molecule has 10 heteroatoms. The number of methoxy groups -OCH3 is 2. The second-order valence-corrected chi connectivity index (χ2v) is 8.26. The smallest absolute Gasteiger partial charge is 0.321 e. The first-order valence-corrected chi connectivity index (χ1v) is 10.2. The van der Waals surface area contributed by atoms with Gasteiger partial charge < -0.3 is 19.1 Å². The Morgan fingerprint density at radius 2 is 1.61 bits per heavy atom. The quantitative estimate of drug-likeness (QED) is 0.570. The maximum absolute atomic E-state index is 12.3. The number of rotatable bonds is 10. The highest BCUT2D eigenvalue weighted by molar-refractivity contribution is 7.89. The number of nitrogens with zero attached hydrogens (tertiary/aromatic N) is 1. The molecule has 0 atom stereocenters. The van der Waals surface area contributed by atoms with E-state index >= 15 is 0 Å². The summed E-state index contributed by atoms with van der Waals surface area (Å²) >= 11 is 0. The summed E-state index contributed by atoms with van der Waals surface area (Å²) in [4.78, 5) is 25.5. The van der Waals surface area contributed by atoms with E-state index in [4.69, 9.17) is 14.2 Å². The van der Waals surface area contributed by atoms with Gasteiger partial charge in [-0.25, -0.2) is 8.42 Å². The monoisotopic (exact) mass is 416 g/mol. The molecule has 0 saturated heterocycles. The Labute approximate surface area is 166 Å². The fourth-order valence-corrected chi connectivity index (χ4v) is 3.64. The Bertz CT molecular complexity index is 783. The van der Waals surface area contributed by atoms with Crippen molar-refractivity contribution in [2.75, 3.05) is 27.4 Å². The molecule has 0 aromatic heterocycles. The fraction of sp³-hybridized carbons (Fsp3) is 0.556. The Hall–Kier alpha value is -2.33. The molecule has 158 valence electrons. The third-order valence-electron chi connectivity index (χ3n) is 3.83. The number of esters is 1. The number of ether oxygens (including phenoxy) is 3. The average Bonchev–Trinajstić information content (AvgIpc) is 2.63. The van der Waals surface area contributed by atoms with Gasteiger partial charge in [0.15, 0.2) is 18.1 Å². The van der Waals surface area contributed by atoms with E-state index in [1.54, 1.807) is 4.90 Å². The first-order chi connectivity index (χ1) is 13.0. The molecule has 0 aliphatic carbocycles. The van der Waals surface area contributed by atoms with E-state index in [1.807, 2.05) is 27.7 Å². The Balaban J connectivity index is 2.68. The number of hydrogen-bond acceptors (Lipinski definition) is 7. The zero-order chi connectivity index (χ0) is 21.5. The van der Waals surface area contributed by atoms with Gasteiger partial charge in [0.05, 0.1) is 19.1 Å². The molecule has 0 spiro atoms. The van der Waals surface area contributed by atoms with Crippen molar-refractivity contribution < 1.29 is 32.2 Å². The van der Waals surface area contributed by atoms with Crippen LogP contribution in [0.4, 0.5) is 0 Å². The van der Waals surface area contributed by atoms with Crippen molar-refractivity contribution in [3.05, 3.63) is 18.2 Å². The van der Waals surface area contributed by atoms with Crippen molar-refractivity contribution in [2.45, 2.75) is 44.7 Å². The van der Waals surface area contributed by atoms with Crippen LogP contribution in [0, 0.1) is 0 Å². The molecule has 0 saturated carbocycles. The van der Waals surface area contributed by atoms with Crippen molar-refractivity contribution in [1.29, 1.82) is 0 Å². The Morgan fingerprint density at radius 3 is 2.11 bits per heavy atom. The van der Waals surface area contributed by atoms with Crippen molar-refractivity contribution >= 4 is 21.9 Å². The van der Waals surface area contributed by atoms with Gasteiger partial charge in [-0.1, -0.05) is 0 Å². The zero-order valence-electron chi connectivity index (χ0n) is 17.0. The summed E-state index contributed by atoms with van der Waals surface area (Å²) in [5.41, 5.74) is 0. The SMILES string of the molecule is COc1ccc(S(=O)(=O)NCC(=O)OCC(=O)N(C(C)C)C(C)C)cc1OC. The van der Waals surface area contributed by atoms with Crippen molar-refractivity contribution in [1.82, 2.24) is 9.62 Å². The molecular weight excluding hydrogens is 388 g/mol. The van der Waals surface area contributed by atoms with Crippen LogP contribution in [0.25, 0.3) is 0 Å². The third-order valence-corrected chi connectivity index (χ3v) is 5.23. The lowest BCUT2D eigenvalue weighted by Gasteiger charge is -2.30. The lowest BCUT2D eigenvalue weighted by atomic mass is 10.2. The van der Waals surface area contributed by atoms with E-state index in [0.717, 1.165) is 0 Å². The van der Waals surface area contributed by atoms with Crippen LogP contribution in [0.15, 0.2) is 23.1 Å². The van der Waals surface area contributed by atoms with Crippen LogP contribution < -0.4 is 14.2 Å².